The summed E-state index contributed by atoms with van der Waals surface area (Å²) < 4.78 is 27.0. The summed E-state index contributed by atoms with van der Waals surface area (Å²) in [5, 5.41) is 9.77. The van der Waals surface area contributed by atoms with E-state index in [0.29, 0.717) is 12.0 Å². The Morgan fingerprint density at radius 2 is 2.00 bits per heavy atom. The number of benzene rings is 1. The number of nitrogens with one attached hydrogen (secondary N) is 1. The minimum atomic E-state index is -3.51. The molecule has 0 saturated carbocycles. The molecule has 0 amide bonds. The zero-order valence-electron chi connectivity index (χ0n) is 11.8. The zero-order valence-corrected chi connectivity index (χ0v) is 12.6. The molecule has 108 valence electrons. The van der Waals surface area contributed by atoms with Gasteiger partial charge in [-0.15, -0.1) is 0 Å². The van der Waals surface area contributed by atoms with Crippen LogP contribution in [0.3, 0.4) is 0 Å². The van der Waals surface area contributed by atoms with Crippen LogP contribution in [0.25, 0.3) is 0 Å². The van der Waals surface area contributed by atoms with Crippen molar-refractivity contribution in [3.8, 4) is 0 Å². The average molecular weight is 285 g/mol. The third-order valence-corrected chi connectivity index (χ3v) is 4.61. The van der Waals surface area contributed by atoms with Crippen molar-refractivity contribution in [1.82, 2.24) is 4.72 Å². The maximum Gasteiger partial charge on any atom is 0.240 e. The van der Waals surface area contributed by atoms with Gasteiger partial charge in [-0.25, -0.2) is 13.1 Å². The molecule has 2 unspecified atom stereocenters. The highest BCUT2D eigenvalue weighted by molar-refractivity contribution is 7.89. The molecule has 0 spiro atoms. The smallest absolute Gasteiger partial charge is 0.240 e. The molecule has 1 aromatic carbocycles. The van der Waals surface area contributed by atoms with Crippen LogP contribution in [0.2, 0.25) is 0 Å². The molecule has 0 fully saturated rings. The molecular weight excluding hydrogens is 262 g/mol. The van der Waals surface area contributed by atoms with Crippen molar-refractivity contribution >= 4 is 10.0 Å². The van der Waals surface area contributed by atoms with Crippen LogP contribution in [0, 0.1) is 0 Å². The Labute approximate surface area is 115 Å². The summed E-state index contributed by atoms with van der Waals surface area (Å²) in [6, 6.07) is 6.40. The van der Waals surface area contributed by atoms with E-state index in [-0.39, 0.29) is 10.9 Å². The van der Waals surface area contributed by atoms with Crippen molar-refractivity contribution in [3.05, 3.63) is 29.8 Å². The summed E-state index contributed by atoms with van der Waals surface area (Å²) in [4.78, 5) is 0.209. The lowest BCUT2D eigenvalue weighted by atomic mass is 10.1. The highest BCUT2D eigenvalue weighted by atomic mass is 32.2. The topological polar surface area (TPSA) is 66.4 Å². The normalized spacial score (nSPS) is 15.2. The number of rotatable bonds is 7. The summed E-state index contributed by atoms with van der Waals surface area (Å²) in [6.07, 6.45) is 1.67. The van der Waals surface area contributed by atoms with Crippen molar-refractivity contribution in [2.45, 2.75) is 57.1 Å². The van der Waals surface area contributed by atoms with Gasteiger partial charge in [0.25, 0.3) is 0 Å². The van der Waals surface area contributed by atoms with Gasteiger partial charge in [0.05, 0.1) is 11.0 Å². The van der Waals surface area contributed by atoms with E-state index in [1.165, 1.54) is 6.07 Å². The van der Waals surface area contributed by atoms with Crippen LogP contribution in [0.1, 0.15) is 51.7 Å². The van der Waals surface area contributed by atoms with Crippen LogP contribution in [-0.2, 0) is 10.0 Å². The first kappa shape index (κ1) is 16.1. The second-order valence-electron chi connectivity index (χ2n) is 4.81. The highest BCUT2D eigenvalue weighted by Crippen LogP contribution is 2.20. The van der Waals surface area contributed by atoms with Gasteiger partial charge in [-0.1, -0.05) is 32.4 Å². The standard InChI is InChI=1S/C14H23NO3S/c1-4-7-11(3)15-19(17,18)13-9-6-8-12(10-13)14(16)5-2/h6,8-11,14-16H,4-5,7H2,1-3H3. The summed E-state index contributed by atoms with van der Waals surface area (Å²) >= 11 is 0. The molecule has 0 aromatic heterocycles. The molecule has 2 atom stereocenters. The van der Waals surface area contributed by atoms with Gasteiger partial charge in [0, 0.05) is 6.04 Å². The molecule has 0 aliphatic rings. The summed E-state index contributed by atoms with van der Waals surface area (Å²) in [5.41, 5.74) is 0.633. The Morgan fingerprint density at radius 3 is 2.58 bits per heavy atom. The van der Waals surface area contributed by atoms with E-state index in [2.05, 4.69) is 4.72 Å². The van der Waals surface area contributed by atoms with Crippen LogP contribution in [0.5, 0.6) is 0 Å². The molecule has 19 heavy (non-hydrogen) atoms. The third kappa shape index (κ3) is 4.60. The van der Waals surface area contributed by atoms with Crippen molar-refractivity contribution in [1.29, 1.82) is 0 Å². The third-order valence-electron chi connectivity index (χ3n) is 3.02. The molecule has 5 heteroatoms. The molecule has 1 aromatic rings. The van der Waals surface area contributed by atoms with Crippen LogP contribution in [-0.4, -0.2) is 19.6 Å². The van der Waals surface area contributed by atoms with E-state index in [1.54, 1.807) is 18.2 Å². The average Bonchev–Trinajstić information content (AvgIpc) is 2.37. The van der Waals surface area contributed by atoms with E-state index in [0.717, 1.165) is 12.8 Å². The maximum atomic E-state index is 12.2. The van der Waals surface area contributed by atoms with Crippen molar-refractivity contribution in [2.24, 2.45) is 0 Å². The first-order chi connectivity index (χ1) is 8.90. The van der Waals surface area contributed by atoms with E-state index < -0.39 is 16.1 Å². The van der Waals surface area contributed by atoms with Gasteiger partial charge >= 0.3 is 0 Å². The first-order valence-electron chi connectivity index (χ1n) is 6.71. The zero-order chi connectivity index (χ0) is 14.5. The van der Waals surface area contributed by atoms with Gasteiger partial charge in [0.1, 0.15) is 0 Å². The van der Waals surface area contributed by atoms with Gasteiger partial charge in [0.15, 0.2) is 0 Å². The predicted octanol–water partition coefficient (Wildman–Crippen LogP) is 2.60. The van der Waals surface area contributed by atoms with Gasteiger partial charge in [0.2, 0.25) is 10.0 Å². The lowest BCUT2D eigenvalue weighted by molar-refractivity contribution is 0.173. The van der Waals surface area contributed by atoms with Gasteiger partial charge in [-0.2, -0.15) is 0 Å². The summed E-state index contributed by atoms with van der Waals surface area (Å²) in [5.74, 6) is 0. The van der Waals surface area contributed by atoms with E-state index >= 15 is 0 Å². The molecule has 0 aliphatic carbocycles. The molecule has 0 radical (unpaired) electrons. The predicted molar refractivity (Wildman–Crippen MR) is 76.4 cm³/mol. The molecule has 2 N–H and O–H groups in total. The fourth-order valence-corrected chi connectivity index (χ4v) is 3.28. The highest BCUT2D eigenvalue weighted by Gasteiger charge is 2.18. The number of aliphatic hydroxyl groups is 1. The van der Waals surface area contributed by atoms with Gasteiger partial charge < -0.3 is 5.11 Å². The molecule has 0 saturated heterocycles. The minimum absolute atomic E-state index is 0.0882. The Balaban J connectivity index is 2.95. The SMILES string of the molecule is CCCC(C)NS(=O)(=O)c1cccc(C(O)CC)c1. The first-order valence-corrected chi connectivity index (χ1v) is 8.19. The fourth-order valence-electron chi connectivity index (χ4n) is 1.95. The number of hydrogen-bond acceptors (Lipinski definition) is 3. The van der Waals surface area contributed by atoms with Gasteiger partial charge in [-0.3, -0.25) is 0 Å². The Kier molecular flexibility index (Phi) is 5.97. The van der Waals surface area contributed by atoms with Crippen LogP contribution >= 0.6 is 0 Å². The van der Waals surface area contributed by atoms with Crippen molar-refractivity contribution in [2.75, 3.05) is 0 Å². The lowest BCUT2D eigenvalue weighted by Gasteiger charge is -2.15. The quantitative estimate of drug-likeness (QED) is 0.809. The molecule has 0 heterocycles. The van der Waals surface area contributed by atoms with E-state index in [1.807, 2.05) is 20.8 Å². The van der Waals surface area contributed by atoms with Crippen molar-refractivity contribution < 1.29 is 13.5 Å². The Morgan fingerprint density at radius 1 is 1.32 bits per heavy atom. The monoisotopic (exact) mass is 285 g/mol. The maximum absolute atomic E-state index is 12.2. The Hall–Kier alpha value is -0.910. The van der Waals surface area contributed by atoms with Crippen molar-refractivity contribution in [3.63, 3.8) is 0 Å². The molecule has 0 bridgehead atoms. The summed E-state index contributed by atoms with van der Waals surface area (Å²) in [7, 11) is -3.51. The second kappa shape index (κ2) is 7.03. The minimum Gasteiger partial charge on any atom is -0.388 e. The lowest BCUT2D eigenvalue weighted by Crippen LogP contribution is -2.32. The number of aliphatic hydroxyl groups excluding tert-OH is 1. The van der Waals surface area contributed by atoms with Crippen LogP contribution in [0.4, 0.5) is 0 Å². The number of sulfonamides is 1. The number of hydrogen-bond donors (Lipinski definition) is 2. The van der Waals surface area contributed by atoms with Gasteiger partial charge in [-0.05, 0) is 37.5 Å². The largest absolute Gasteiger partial charge is 0.388 e. The molecule has 0 aliphatic heterocycles. The van der Waals surface area contributed by atoms with Crippen LogP contribution < -0.4 is 4.72 Å². The fraction of sp³-hybridized carbons (Fsp3) is 0.571. The van der Waals surface area contributed by atoms with E-state index in [4.69, 9.17) is 0 Å². The Bertz CT molecular complexity index is 499. The molecule has 4 nitrogen and oxygen atoms in total. The van der Waals surface area contributed by atoms with E-state index in [9.17, 15) is 13.5 Å². The molecule has 1 rings (SSSR count). The summed E-state index contributed by atoms with van der Waals surface area (Å²) in [6.45, 7) is 5.72. The van der Waals surface area contributed by atoms with Crippen LogP contribution in [0.15, 0.2) is 29.2 Å². The second-order valence-corrected chi connectivity index (χ2v) is 6.52. The molecular formula is C14H23NO3S.